The molecule has 3 aliphatic rings. The van der Waals surface area contributed by atoms with Gasteiger partial charge in [-0.25, -0.2) is 0 Å². The Labute approximate surface area is 110 Å². The van der Waals surface area contributed by atoms with Crippen molar-refractivity contribution in [2.24, 2.45) is 0 Å². The van der Waals surface area contributed by atoms with Crippen molar-refractivity contribution in [2.45, 2.75) is 63.5 Å². The molecule has 1 aliphatic carbocycles. The van der Waals surface area contributed by atoms with Gasteiger partial charge in [0.15, 0.2) is 5.79 Å². The SMILES string of the molecule is CC1CN(CC2COC3(CCCC3)O2)C(C)CN1. The van der Waals surface area contributed by atoms with E-state index in [1.807, 2.05) is 0 Å². The fraction of sp³-hybridized carbons (Fsp3) is 1.00. The van der Waals surface area contributed by atoms with Crippen molar-refractivity contribution in [3.8, 4) is 0 Å². The Kier molecular flexibility index (Phi) is 3.63. The lowest BCUT2D eigenvalue weighted by atomic mass is 10.1. The lowest BCUT2D eigenvalue weighted by Gasteiger charge is -2.38. The van der Waals surface area contributed by atoms with Crippen molar-refractivity contribution < 1.29 is 9.47 Å². The first kappa shape index (κ1) is 12.9. The highest BCUT2D eigenvalue weighted by molar-refractivity contribution is 4.88. The molecule has 0 amide bonds. The van der Waals surface area contributed by atoms with Crippen LogP contribution >= 0.6 is 0 Å². The van der Waals surface area contributed by atoms with E-state index in [0.717, 1.165) is 39.1 Å². The molecule has 0 bridgehead atoms. The number of piperazine rings is 1. The van der Waals surface area contributed by atoms with E-state index in [2.05, 4.69) is 24.1 Å². The highest BCUT2D eigenvalue weighted by Crippen LogP contribution is 2.39. The summed E-state index contributed by atoms with van der Waals surface area (Å²) in [5, 5.41) is 3.52. The van der Waals surface area contributed by atoms with E-state index in [0.29, 0.717) is 12.1 Å². The maximum atomic E-state index is 6.21. The summed E-state index contributed by atoms with van der Waals surface area (Å²) in [5.41, 5.74) is 0. The first-order valence-electron chi connectivity index (χ1n) is 7.46. The zero-order valence-corrected chi connectivity index (χ0v) is 11.7. The van der Waals surface area contributed by atoms with Gasteiger partial charge in [0.25, 0.3) is 0 Å². The molecule has 0 radical (unpaired) electrons. The van der Waals surface area contributed by atoms with Crippen LogP contribution in [0.15, 0.2) is 0 Å². The van der Waals surface area contributed by atoms with E-state index >= 15 is 0 Å². The molecule has 1 N–H and O–H groups in total. The Morgan fingerprint density at radius 3 is 2.83 bits per heavy atom. The average Bonchev–Trinajstić information content (AvgIpc) is 2.95. The molecule has 3 atom stereocenters. The summed E-state index contributed by atoms with van der Waals surface area (Å²) < 4.78 is 12.2. The molecule has 1 spiro atoms. The van der Waals surface area contributed by atoms with E-state index in [1.54, 1.807) is 0 Å². The van der Waals surface area contributed by atoms with Crippen LogP contribution in [-0.2, 0) is 9.47 Å². The number of rotatable bonds is 2. The standard InChI is InChI=1S/C14H26N2O2/c1-11-8-16(12(2)7-15-11)9-13-10-17-14(18-13)5-3-4-6-14/h11-13,15H,3-10H2,1-2H3. The molecule has 4 heteroatoms. The normalized spacial score (nSPS) is 40.7. The minimum atomic E-state index is -0.201. The minimum absolute atomic E-state index is 0.201. The molecule has 2 saturated heterocycles. The third kappa shape index (κ3) is 2.57. The van der Waals surface area contributed by atoms with Crippen LogP contribution in [0.25, 0.3) is 0 Å². The van der Waals surface area contributed by atoms with E-state index < -0.39 is 0 Å². The molecule has 4 nitrogen and oxygen atoms in total. The van der Waals surface area contributed by atoms with Gasteiger partial charge in [-0.15, -0.1) is 0 Å². The predicted molar refractivity (Wildman–Crippen MR) is 70.5 cm³/mol. The molecule has 18 heavy (non-hydrogen) atoms. The summed E-state index contributed by atoms with van der Waals surface area (Å²) in [7, 11) is 0. The van der Waals surface area contributed by atoms with Gasteiger partial charge in [-0.1, -0.05) is 0 Å². The highest BCUT2D eigenvalue weighted by Gasteiger charge is 2.44. The number of hydrogen-bond acceptors (Lipinski definition) is 4. The summed E-state index contributed by atoms with van der Waals surface area (Å²) in [6, 6.07) is 1.19. The molecule has 1 saturated carbocycles. The topological polar surface area (TPSA) is 33.7 Å². The van der Waals surface area contributed by atoms with Gasteiger partial charge in [-0.3, -0.25) is 4.90 Å². The Bertz CT molecular complexity index is 292. The molecule has 2 heterocycles. The largest absolute Gasteiger partial charge is 0.347 e. The van der Waals surface area contributed by atoms with Crippen LogP contribution in [0.2, 0.25) is 0 Å². The Morgan fingerprint density at radius 1 is 1.28 bits per heavy atom. The van der Waals surface area contributed by atoms with Gasteiger partial charge in [0, 0.05) is 44.6 Å². The minimum Gasteiger partial charge on any atom is -0.347 e. The van der Waals surface area contributed by atoms with Crippen LogP contribution in [0.1, 0.15) is 39.5 Å². The van der Waals surface area contributed by atoms with Gasteiger partial charge in [0.2, 0.25) is 0 Å². The number of nitrogens with one attached hydrogen (secondary N) is 1. The predicted octanol–water partition coefficient (Wildman–Crippen LogP) is 1.35. The number of nitrogens with zero attached hydrogens (tertiary/aromatic N) is 1. The average molecular weight is 254 g/mol. The molecular weight excluding hydrogens is 228 g/mol. The molecule has 3 unspecified atom stereocenters. The highest BCUT2D eigenvalue weighted by atomic mass is 16.7. The van der Waals surface area contributed by atoms with Gasteiger partial charge in [-0.2, -0.15) is 0 Å². The van der Waals surface area contributed by atoms with Crippen molar-refractivity contribution in [3.05, 3.63) is 0 Å². The maximum absolute atomic E-state index is 6.21. The van der Waals surface area contributed by atoms with Crippen LogP contribution < -0.4 is 5.32 Å². The maximum Gasteiger partial charge on any atom is 0.168 e. The third-order valence-electron chi connectivity index (χ3n) is 4.61. The number of hydrogen-bond donors (Lipinski definition) is 1. The lowest BCUT2D eigenvalue weighted by Crippen LogP contribution is -2.56. The van der Waals surface area contributed by atoms with Gasteiger partial charge < -0.3 is 14.8 Å². The van der Waals surface area contributed by atoms with E-state index in [9.17, 15) is 0 Å². The molecule has 2 aliphatic heterocycles. The summed E-state index contributed by atoms with van der Waals surface area (Å²) in [5.74, 6) is -0.201. The van der Waals surface area contributed by atoms with Crippen LogP contribution in [0.5, 0.6) is 0 Å². The Morgan fingerprint density at radius 2 is 2.06 bits per heavy atom. The zero-order chi connectivity index (χ0) is 12.6. The van der Waals surface area contributed by atoms with Gasteiger partial charge in [-0.05, 0) is 26.7 Å². The first-order chi connectivity index (χ1) is 8.67. The van der Waals surface area contributed by atoms with Crippen LogP contribution in [0.3, 0.4) is 0 Å². The van der Waals surface area contributed by atoms with E-state index in [4.69, 9.17) is 9.47 Å². The fourth-order valence-electron chi connectivity index (χ4n) is 3.50. The quantitative estimate of drug-likeness (QED) is 0.806. The van der Waals surface area contributed by atoms with Gasteiger partial charge in [0.1, 0.15) is 0 Å². The fourth-order valence-corrected chi connectivity index (χ4v) is 3.50. The second kappa shape index (κ2) is 5.08. The summed E-state index contributed by atoms with van der Waals surface area (Å²) in [4.78, 5) is 2.54. The van der Waals surface area contributed by atoms with Gasteiger partial charge >= 0.3 is 0 Å². The molecule has 0 aromatic carbocycles. The third-order valence-corrected chi connectivity index (χ3v) is 4.61. The van der Waals surface area contributed by atoms with E-state index in [1.165, 1.54) is 12.8 Å². The van der Waals surface area contributed by atoms with Crippen molar-refractivity contribution in [1.29, 1.82) is 0 Å². The van der Waals surface area contributed by atoms with Crippen molar-refractivity contribution >= 4 is 0 Å². The monoisotopic (exact) mass is 254 g/mol. The Balaban J connectivity index is 1.54. The van der Waals surface area contributed by atoms with Crippen molar-refractivity contribution in [3.63, 3.8) is 0 Å². The summed E-state index contributed by atoms with van der Waals surface area (Å²) >= 11 is 0. The first-order valence-corrected chi connectivity index (χ1v) is 7.46. The van der Waals surface area contributed by atoms with Crippen LogP contribution in [0.4, 0.5) is 0 Å². The molecule has 3 rings (SSSR count). The van der Waals surface area contributed by atoms with Crippen LogP contribution in [-0.4, -0.2) is 55.1 Å². The Hall–Kier alpha value is -0.160. The van der Waals surface area contributed by atoms with Crippen LogP contribution in [0, 0.1) is 0 Å². The van der Waals surface area contributed by atoms with Crippen molar-refractivity contribution in [2.75, 3.05) is 26.2 Å². The van der Waals surface area contributed by atoms with Gasteiger partial charge in [0.05, 0.1) is 12.7 Å². The molecule has 3 fully saturated rings. The molecule has 0 aromatic rings. The smallest absolute Gasteiger partial charge is 0.168 e. The lowest BCUT2D eigenvalue weighted by molar-refractivity contribution is -0.164. The van der Waals surface area contributed by atoms with E-state index in [-0.39, 0.29) is 11.9 Å². The number of ether oxygens (including phenoxy) is 2. The molecule has 104 valence electrons. The van der Waals surface area contributed by atoms with Crippen molar-refractivity contribution in [1.82, 2.24) is 10.2 Å². The molecule has 0 aromatic heterocycles. The summed E-state index contributed by atoms with van der Waals surface area (Å²) in [6.45, 7) is 8.55. The zero-order valence-electron chi connectivity index (χ0n) is 11.7. The summed E-state index contributed by atoms with van der Waals surface area (Å²) in [6.07, 6.45) is 4.98. The molecular formula is C14H26N2O2. The second-order valence-electron chi connectivity index (χ2n) is 6.28. The second-order valence-corrected chi connectivity index (χ2v) is 6.28.